The molecule has 0 amide bonds. The molecule has 0 aliphatic carbocycles. The molecule has 0 bridgehead atoms. The van der Waals surface area contributed by atoms with Crippen LogP contribution in [-0.2, 0) is 19.6 Å². The molecule has 170 valence electrons. The Morgan fingerprint density at radius 2 is 2.00 bits per heavy atom. The van der Waals surface area contributed by atoms with E-state index in [9.17, 15) is 37.2 Å². The Morgan fingerprint density at radius 1 is 1.34 bits per heavy atom. The summed E-state index contributed by atoms with van der Waals surface area (Å²) in [6.07, 6.45) is 1.85. The van der Waals surface area contributed by atoms with Gasteiger partial charge in [-0.05, 0) is 25.1 Å². The summed E-state index contributed by atoms with van der Waals surface area (Å²) in [6, 6.07) is 8.50. The van der Waals surface area contributed by atoms with E-state index in [1.165, 1.54) is 30.3 Å². The Labute approximate surface area is 179 Å². The maximum atomic E-state index is 13.0. The van der Waals surface area contributed by atoms with Crippen LogP contribution in [0.1, 0.15) is 6.92 Å². The normalized spacial score (nSPS) is 13.8. The molecule has 1 atom stereocenters. The number of pyridine rings is 1. The predicted molar refractivity (Wildman–Crippen MR) is 107 cm³/mol. The van der Waals surface area contributed by atoms with Crippen molar-refractivity contribution in [1.29, 1.82) is 0 Å². The maximum absolute atomic E-state index is 13.0. The van der Waals surface area contributed by atoms with Gasteiger partial charge in [-0.3, -0.25) is 10.1 Å². The first-order valence-corrected chi connectivity index (χ1v) is 10.3. The van der Waals surface area contributed by atoms with Crippen molar-refractivity contribution in [2.45, 2.75) is 24.0 Å². The van der Waals surface area contributed by atoms with E-state index in [0.717, 1.165) is 23.3 Å². The minimum atomic E-state index is -4.14. The van der Waals surface area contributed by atoms with E-state index < -0.39 is 51.0 Å². The Morgan fingerprint density at radius 3 is 2.56 bits per heavy atom. The van der Waals surface area contributed by atoms with Gasteiger partial charge in [0.05, 0.1) is 21.8 Å². The zero-order valence-electron chi connectivity index (χ0n) is 16.3. The summed E-state index contributed by atoms with van der Waals surface area (Å²) < 4.78 is 55.8. The number of nitrogens with one attached hydrogen (secondary N) is 1. The minimum Gasteiger partial charge on any atom is -0.479 e. The van der Waals surface area contributed by atoms with Crippen molar-refractivity contribution in [2.24, 2.45) is 0 Å². The van der Waals surface area contributed by atoms with Gasteiger partial charge >= 0.3 is 18.3 Å². The van der Waals surface area contributed by atoms with Crippen molar-refractivity contribution in [3.63, 3.8) is 0 Å². The van der Waals surface area contributed by atoms with E-state index in [1.807, 2.05) is 0 Å². The number of nitrogens with zero attached hydrogens (tertiary/aromatic N) is 3. The molecule has 0 saturated carbocycles. The van der Waals surface area contributed by atoms with E-state index in [0.29, 0.717) is 0 Å². The van der Waals surface area contributed by atoms with Crippen molar-refractivity contribution < 1.29 is 36.8 Å². The first-order chi connectivity index (χ1) is 15.0. The molecule has 0 aliphatic rings. The molecule has 0 saturated heterocycles. The summed E-state index contributed by atoms with van der Waals surface area (Å²) in [5.41, 5.74) is -3.54. The molecule has 14 heteroatoms. The summed E-state index contributed by atoms with van der Waals surface area (Å²) in [7, 11) is -4.14. The number of benzene rings is 1. The topological polar surface area (TPSA) is 154 Å². The zero-order chi connectivity index (χ0) is 23.7. The van der Waals surface area contributed by atoms with Crippen molar-refractivity contribution in [3.8, 4) is 0 Å². The number of anilines is 1. The number of aromatic nitrogens is 2. The van der Waals surface area contributed by atoms with Gasteiger partial charge in [-0.1, -0.05) is 18.2 Å². The van der Waals surface area contributed by atoms with Gasteiger partial charge in [0.2, 0.25) is 0 Å². The Bertz CT molecular complexity index is 1280. The second kappa shape index (κ2) is 8.47. The smallest absolute Gasteiger partial charge is 0.345 e. The number of ether oxygens (including phenoxy) is 1. The molecule has 0 radical (unpaired) electrons. The van der Waals surface area contributed by atoms with Crippen LogP contribution in [0, 0.1) is 10.1 Å². The lowest BCUT2D eigenvalue weighted by Gasteiger charge is -2.27. The van der Waals surface area contributed by atoms with Gasteiger partial charge < -0.3 is 15.2 Å². The third kappa shape index (κ3) is 4.22. The highest BCUT2D eigenvalue weighted by atomic mass is 32.2. The highest BCUT2D eigenvalue weighted by Gasteiger charge is 2.38. The van der Waals surface area contributed by atoms with Gasteiger partial charge in [0.15, 0.2) is 11.2 Å². The molecule has 0 fully saturated rings. The minimum absolute atomic E-state index is 0.0760. The number of aliphatic carboxylic acids is 1. The Hall–Kier alpha value is -3.65. The van der Waals surface area contributed by atoms with E-state index in [1.54, 1.807) is 6.07 Å². The second-order valence-electron chi connectivity index (χ2n) is 6.78. The number of fused-ring (bicyclic) bond motifs is 1. The molecule has 1 aromatic carbocycles. The number of rotatable bonds is 9. The quantitative estimate of drug-likeness (QED) is 0.355. The number of carbonyl (C=O) groups is 1. The van der Waals surface area contributed by atoms with Crippen LogP contribution in [0.15, 0.2) is 53.7 Å². The standard InChI is InChI=1S/C18H16F2N4O7S/c1-18(16(25)26,10-31-17(19)20)22-14-12-7-8-23(15(12)21-9-13(14)24(27)28)32(29,30)11-5-3-2-4-6-11/h2-9,17H,10H2,1H3,(H,21,22)(H,25,26). The molecule has 2 aromatic heterocycles. The largest absolute Gasteiger partial charge is 0.479 e. The summed E-state index contributed by atoms with van der Waals surface area (Å²) in [6.45, 7) is -3.32. The number of halogens is 2. The molecule has 2 N–H and O–H groups in total. The number of nitro groups is 1. The lowest BCUT2D eigenvalue weighted by molar-refractivity contribution is -0.384. The SMILES string of the molecule is CC(COC(F)F)(Nc1c([N+](=O)[O-])cnc2c1ccn2S(=O)(=O)c1ccccc1)C(=O)O. The van der Waals surface area contributed by atoms with E-state index in [2.05, 4.69) is 15.0 Å². The molecule has 0 spiro atoms. The lowest BCUT2D eigenvalue weighted by atomic mass is 10.0. The fraction of sp³-hybridized carbons (Fsp3) is 0.222. The van der Waals surface area contributed by atoms with E-state index >= 15 is 0 Å². The Balaban J connectivity index is 2.19. The lowest BCUT2D eigenvalue weighted by Crippen LogP contribution is -2.48. The first-order valence-electron chi connectivity index (χ1n) is 8.84. The first kappa shape index (κ1) is 23.0. The summed E-state index contributed by atoms with van der Waals surface area (Å²) in [4.78, 5) is 26.2. The highest BCUT2D eigenvalue weighted by Crippen LogP contribution is 2.35. The number of carboxylic acids is 1. The molecule has 2 heterocycles. The van der Waals surface area contributed by atoms with Gasteiger partial charge in [-0.2, -0.15) is 8.78 Å². The molecular formula is C18H16F2N4O7S. The molecule has 3 rings (SSSR count). The summed E-state index contributed by atoms with van der Waals surface area (Å²) >= 11 is 0. The van der Waals surface area contributed by atoms with Crippen LogP contribution in [0.25, 0.3) is 11.0 Å². The summed E-state index contributed by atoms with van der Waals surface area (Å²) in [5, 5.41) is 23.3. The zero-order valence-corrected chi connectivity index (χ0v) is 17.1. The van der Waals surface area contributed by atoms with E-state index in [4.69, 9.17) is 0 Å². The fourth-order valence-electron chi connectivity index (χ4n) is 2.88. The number of carboxylic acid groups (broad SMARTS) is 1. The van der Waals surface area contributed by atoms with Crippen LogP contribution < -0.4 is 5.32 Å². The average molecular weight is 470 g/mol. The molecule has 32 heavy (non-hydrogen) atoms. The molecule has 1 unspecified atom stereocenters. The molecular weight excluding hydrogens is 454 g/mol. The predicted octanol–water partition coefficient (Wildman–Crippen LogP) is 2.68. The van der Waals surface area contributed by atoms with Crippen LogP contribution in [-0.4, -0.2) is 52.1 Å². The van der Waals surface area contributed by atoms with Crippen molar-refractivity contribution in [3.05, 3.63) is 58.9 Å². The van der Waals surface area contributed by atoms with Crippen LogP contribution in [0.5, 0.6) is 0 Å². The Kier molecular flexibility index (Phi) is 6.09. The highest BCUT2D eigenvalue weighted by molar-refractivity contribution is 7.90. The van der Waals surface area contributed by atoms with Crippen LogP contribution in [0.4, 0.5) is 20.2 Å². The van der Waals surface area contributed by atoms with Gasteiger partial charge in [0.25, 0.3) is 10.0 Å². The van der Waals surface area contributed by atoms with Crippen LogP contribution in [0.3, 0.4) is 0 Å². The molecule has 0 aliphatic heterocycles. The van der Waals surface area contributed by atoms with Crippen LogP contribution >= 0.6 is 0 Å². The van der Waals surface area contributed by atoms with Gasteiger partial charge in [0, 0.05) is 6.20 Å². The monoisotopic (exact) mass is 470 g/mol. The van der Waals surface area contributed by atoms with Gasteiger partial charge in [0.1, 0.15) is 11.9 Å². The fourth-order valence-corrected chi connectivity index (χ4v) is 4.20. The number of alkyl halides is 2. The number of hydrogen-bond donors (Lipinski definition) is 2. The second-order valence-corrected chi connectivity index (χ2v) is 8.59. The van der Waals surface area contributed by atoms with Crippen molar-refractivity contribution in [2.75, 3.05) is 11.9 Å². The van der Waals surface area contributed by atoms with Crippen molar-refractivity contribution in [1.82, 2.24) is 8.96 Å². The van der Waals surface area contributed by atoms with Crippen molar-refractivity contribution >= 4 is 38.4 Å². The third-order valence-corrected chi connectivity index (χ3v) is 6.21. The average Bonchev–Trinajstić information content (AvgIpc) is 3.18. The van der Waals surface area contributed by atoms with Crippen LogP contribution in [0.2, 0.25) is 0 Å². The third-order valence-electron chi connectivity index (χ3n) is 4.53. The van der Waals surface area contributed by atoms with Gasteiger partial charge in [-0.25, -0.2) is 22.2 Å². The number of hydrogen-bond acceptors (Lipinski definition) is 8. The molecule has 11 nitrogen and oxygen atoms in total. The molecule has 3 aromatic rings. The van der Waals surface area contributed by atoms with E-state index in [-0.39, 0.29) is 15.9 Å². The van der Waals surface area contributed by atoms with Gasteiger partial charge in [-0.15, -0.1) is 0 Å². The summed E-state index contributed by atoms with van der Waals surface area (Å²) in [5.74, 6) is -1.63. The maximum Gasteiger partial charge on any atom is 0.345 e.